The standard InChI is InChI=1S/C10H12O3/c1-3-8(11)7(2)10(12)9-5-4-6-13-9/h4-7H,3H2,1-2H3. The van der Waals surface area contributed by atoms with Gasteiger partial charge in [0.25, 0.3) is 0 Å². The van der Waals surface area contributed by atoms with Gasteiger partial charge >= 0.3 is 0 Å². The Balaban J connectivity index is 2.74. The van der Waals surface area contributed by atoms with Crippen LogP contribution in [0.4, 0.5) is 0 Å². The van der Waals surface area contributed by atoms with Crippen LogP contribution in [0.1, 0.15) is 30.8 Å². The van der Waals surface area contributed by atoms with Crippen molar-refractivity contribution >= 4 is 11.6 Å². The van der Waals surface area contributed by atoms with Crippen molar-refractivity contribution in [3.63, 3.8) is 0 Å². The highest BCUT2D eigenvalue weighted by Gasteiger charge is 2.22. The molecule has 0 aliphatic rings. The second kappa shape index (κ2) is 4.03. The van der Waals surface area contributed by atoms with Crippen molar-refractivity contribution in [3.05, 3.63) is 24.2 Å². The van der Waals surface area contributed by atoms with Gasteiger partial charge in [0.2, 0.25) is 5.78 Å². The van der Waals surface area contributed by atoms with Crippen molar-refractivity contribution in [1.29, 1.82) is 0 Å². The normalized spacial score (nSPS) is 12.5. The summed E-state index contributed by atoms with van der Waals surface area (Å²) in [4.78, 5) is 22.7. The van der Waals surface area contributed by atoms with Crippen molar-refractivity contribution in [2.75, 3.05) is 0 Å². The number of hydrogen-bond donors (Lipinski definition) is 0. The zero-order valence-electron chi connectivity index (χ0n) is 7.74. The van der Waals surface area contributed by atoms with Gasteiger partial charge in [0.05, 0.1) is 12.2 Å². The van der Waals surface area contributed by atoms with Crippen LogP contribution in [0, 0.1) is 5.92 Å². The van der Waals surface area contributed by atoms with Crippen molar-refractivity contribution in [2.45, 2.75) is 20.3 Å². The zero-order valence-corrected chi connectivity index (χ0v) is 7.74. The van der Waals surface area contributed by atoms with E-state index in [0.717, 1.165) is 0 Å². The van der Waals surface area contributed by atoms with Gasteiger partial charge < -0.3 is 4.42 Å². The van der Waals surface area contributed by atoms with Crippen LogP contribution in [0.25, 0.3) is 0 Å². The molecule has 1 heterocycles. The minimum absolute atomic E-state index is 0.0543. The number of rotatable bonds is 4. The lowest BCUT2D eigenvalue weighted by Crippen LogP contribution is -2.19. The van der Waals surface area contributed by atoms with Crippen molar-refractivity contribution in [2.24, 2.45) is 5.92 Å². The lowest BCUT2D eigenvalue weighted by molar-refractivity contribution is -0.120. The van der Waals surface area contributed by atoms with Crippen LogP contribution in [0.5, 0.6) is 0 Å². The van der Waals surface area contributed by atoms with Gasteiger partial charge in [-0.2, -0.15) is 0 Å². The maximum absolute atomic E-state index is 11.5. The highest BCUT2D eigenvalue weighted by molar-refractivity contribution is 6.08. The molecule has 0 bridgehead atoms. The molecule has 1 unspecified atom stereocenters. The molecule has 0 radical (unpaired) electrons. The molecule has 1 rings (SSSR count). The Morgan fingerprint density at radius 2 is 2.23 bits per heavy atom. The lowest BCUT2D eigenvalue weighted by atomic mass is 9.98. The summed E-state index contributed by atoms with van der Waals surface area (Å²) in [7, 11) is 0. The molecule has 0 aromatic carbocycles. The second-order valence-electron chi connectivity index (χ2n) is 2.88. The van der Waals surface area contributed by atoms with Gasteiger partial charge in [-0.3, -0.25) is 9.59 Å². The van der Waals surface area contributed by atoms with Crippen LogP contribution in [0.2, 0.25) is 0 Å². The van der Waals surface area contributed by atoms with E-state index in [4.69, 9.17) is 4.42 Å². The Bertz CT molecular complexity index is 298. The fourth-order valence-corrected chi connectivity index (χ4v) is 1.08. The Labute approximate surface area is 76.7 Å². The summed E-state index contributed by atoms with van der Waals surface area (Å²) in [5.74, 6) is -0.622. The molecule has 3 heteroatoms. The number of carbonyl (C=O) groups is 2. The van der Waals surface area contributed by atoms with Crippen molar-refractivity contribution in [1.82, 2.24) is 0 Å². The van der Waals surface area contributed by atoms with E-state index in [1.807, 2.05) is 0 Å². The van der Waals surface area contributed by atoms with E-state index in [1.165, 1.54) is 6.26 Å². The molecule has 1 aromatic rings. The van der Waals surface area contributed by atoms with Crippen LogP contribution >= 0.6 is 0 Å². The maximum atomic E-state index is 11.5. The molecule has 1 aromatic heterocycles. The molecule has 0 aliphatic carbocycles. The molecule has 0 saturated carbocycles. The first-order valence-corrected chi connectivity index (χ1v) is 4.27. The Hall–Kier alpha value is -1.38. The number of hydrogen-bond acceptors (Lipinski definition) is 3. The van der Waals surface area contributed by atoms with Crippen LogP contribution in [0.3, 0.4) is 0 Å². The molecular formula is C10H12O3. The SMILES string of the molecule is CCC(=O)C(C)C(=O)c1ccco1. The summed E-state index contributed by atoms with van der Waals surface area (Å²) in [5, 5.41) is 0. The number of carbonyl (C=O) groups excluding carboxylic acids is 2. The van der Waals surface area contributed by atoms with Crippen LogP contribution < -0.4 is 0 Å². The first kappa shape index (κ1) is 9.71. The number of ketones is 2. The Morgan fingerprint density at radius 3 is 2.69 bits per heavy atom. The van der Waals surface area contributed by atoms with Gasteiger partial charge in [0.1, 0.15) is 5.78 Å². The van der Waals surface area contributed by atoms with Crippen LogP contribution in [-0.4, -0.2) is 11.6 Å². The van der Waals surface area contributed by atoms with Gasteiger partial charge in [-0.25, -0.2) is 0 Å². The average Bonchev–Trinajstić information content (AvgIpc) is 2.67. The van der Waals surface area contributed by atoms with Crippen molar-refractivity contribution < 1.29 is 14.0 Å². The Kier molecular flexibility index (Phi) is 3.01. The van der Waals surface area contributed by atoms with Gasteiger partial charge in [-0.15, -0.1) is 0 Å². The first-order chi connectivity index (χ1) is 6.16. The summed E-state index contributed by atoms with van der Waals surface area (Å²) in [6, 6.07) is 3.21. The monoisotopic (exact) mass is 180 g/mol. The van der Waals surface area contributed by atoms with Gasteiger partial charge in [0.15, 0.2) is 5.76 Å². The van der Waals surface area contributed by atoms with E-state index < -0.39 is 5.92 Å². The van der Waals surface area contributed by atoms with Crippen LogP contribution in [-0.2, 0) is 4.79 Å². The largest absolute Gasteiger partial charge is 0.461 e. The maximum Gasteiger partial charge on any atom is 0.208 e. The molecule has 0 fully saturated rings. The predicted octanol–water partition coefficient (Wildman–Crippen LogP) is 2.08. The molecule has 1 atom stereocenters. The highest BCUT2D eigenvalue weighted by Crippen LogP contribution is 2.11. The summed E-state index contributed by atoms with van der Waals surface area (Å²) in [5.41, 5.74) is 0. The van der Waals surface area contributed by atoms with Gasteiger partial charge in [-0.1, -0.05) is 6.92 Å². The zero-order chi connectivity index (χ0) is 9.84. The molecule has 0 N–H and O–H groups in total. The fraction of sp³-hybridized carbons (Fsp3) is 0.400. The van der Waals surface area contributed by atoms with Gasteiger partial charge in [-0.05, 0) is 19.1 Å². The van der Waals surface area contributed by atoms with E-state index in [2.05, 4.69) is 0 Å². The summed E-state index contributed by atoms with van der Waals surface area (Å²) in [6.45, 7) is 3.35. The molecule has 0 spiro atoms. The van der Waals surface area contributed by atoms with Gasteiger partial charge in [0, 0.05) is 6.42 Å². The quantitative estimate of drug-likeness (QED) is 0.526. The molecule has 0 amide bonds. The van der Waals surface area contributed by atoms with Crippen LogP contribution in [0.15, 0.2) is 22.8 Å². The fourth-order valence-electron chi connectivity index (χ4n) is 1.08. The van der Waals surface area contributed by atoms with E-state index in [9.17, 15) is 9.59 Å². The summed E-state index contributed by atoms with van der Waals surface area (Å²) in [6.07, 6.45) is 1.81. The predicted molar refractivity (Wildman–Crippen MR) is 47.5 cm³/mol. The molecular weight excluding hydrogens is 168 g/mol. The van der Waals surface area contributed by atoms with E-state index in [-0.39, 0.29) is 17.3 Å². The lowest BCUT2D eigenvalue weighted by Gasteiger charge is -2.04. The minimum Gasteiger partial charge on any atom is -0.461 e. The number of furan rings is 1. The van der Waals surface area contributed by atoms with E-state index in [0.29, 0.717) is 6.42 Å². The summed E-state index contributed by atoms with van der Waals surface area (Å²) >= 11 is 0. The molecule has 3 nitrogen and oxygen atoms in total. The Morgan fingerprint density at radius 1 is 1.54 bits per heavy atom. The molecule has 70 valence electrons. The smallest absolute Gasteiger partial charge is 0.208 e. The highest BCUT2D eigenvalue weighted by atomic mass is 16.3. The first-order valence-electron chi connectivity index (χ1n) is 4.27. The second-order valence-corrected chi connectivity index (χ2v) is 2.88. The van der Waals surface area contributed by atoms with E-state index >= 15 is 0 Å². The van der Waals surface area contributed by atoms with Crippen molar-refractivity contribution in [3.8, 4) is 0 Å². The molecule has 0 aliphatic heterocycles. The van der Waals surface area contributed by atoms with E-state index in [1.54, 1.807) is 26.0 Å². The minimum atomic E-state index is -0.587. The third kappa shape index (κ3) is 2.05. The molecule has 0 saturated heterocycles. The summed E-state index contributed by atoms with van der Waals surface area (Å²) < 4.78 is 4.91. The third-order valence-corrected chi connectivity index (χ3v) is 1.99. The molecule has 13 heavy (non-hydrogen) atoms. The average molecular weight is 180 g/mol. The third-order valence-electron chi connectivity index (χ3n) is 1.99. The topological polar surface area (TPSA) is 47.3 Å². The number of Topliss-reactive ketones (excluding diaryl/α,β-unsaturated/α-hetero) is 2.